The van der Waals surface area contributed by atoms with Gasteiger partial charge in [-0.1, -0.05) is 6.07 Å². The number of hydrogen-bond donors (Lipinski definition) is 0. The Morgan fingerprint density at radius 1 is 1.24 bits per heavy atom. The summed E-state index contributed by atoms with van der Waals surface area (Å²) in [5, 5.41) is 20.2. The third-order valence-electron chi connectivity index (χ3n) is 3.66. The highest BCUT2D eigenvalue weighted by molar-refractivity contribution is 5.65. The summed E-state index contributed by atoms with van der Waals surface area (Å²) in [6.45, 7) is 2.87. The number of benzene rings is 2. The number of nitrogens with zero attached hydrogens (tertiary/aromatic N) is 3. The highest BCUT2D eigenvalue weighted by Crippen LogP contribution is 2.32. The Balaban J connectivity index is 2.29. The molecule has 2 rings (SSSR count). The average Bonchev–Trinajstić information content (AvgIpc) is 2.62. The number of anilines is 1. The molecule has 7 heteroatoms. The second-order valence-corrected chi connectivity index (χ2v) is 5.35. The SMILES string of the molecule is CCOc1ccc(CN(C)c2ccc(C#N)cc2[N+](=O)[O-])cc1OC. The van der Waals surface area contributed by atoms with E-state index in [0.29, 0.717) is 30.3 Å². The van der Waals surface area contributed by atoms with E-state index in [1.54, 1.807) is 31.2 Å². The van der Waals surface area contributed by atoms with Crippen molar-refractivity contribution in [2.45, 2.75) is 13.5 Å². The van der Waals surface area contributed by atoms with Gasteiger partial charge in [-0.3, -0.25) is 10.1 Å². The van der Waals surface area contributed by atoms with Gasteiger partial charge in [0.1, 0.15) is 5.69 Å². The van der Waals surface area contributed by atoms with Crippen molar-refractivity contribution in [2.75, 3.05) is 25.7 Å². The fraction of sp³-hybridized carbons (Fsp3) is 0.278. The van der Waals surface area contributed by atoms with Crippen LogP contribution >= 0.6 is 0 Å². The first-order valence-electron chi connectivity index (χ1n) is 7.69. The molecule has 0 heterocycles. The third kappa shape index (κ3) is 4.18. The van der Waals surface area contributed by atoms with Crippen LogP contribution in [0.3, 0.4) is 0 Å². The Hall–Kier alpha value is -3.27. The molecule has 0 aliphatic heterocycles. The Labute approximate surface area is 146 Å². The van der Waals surface area contributed by atoms with Crippen LogP contribution in [0, 0.1) is 21.4 Å². The van der Waals surface area contributed by atoms with Crippen LogP contribution in [0.4, 0.5) is 11.4 Å². The van der Waals surface area contributed by atoms with Gasteiger partial charge in [0.25, 0.3) is 5.69 Å². The zero-order valence-electron chi connectivity index (χ0n) is 14.4. The highest BCUT2D eigenvalue weighted by atomic mass is 16.6. The van der Waals surface area contributed by atoms with Gasteiger partial charge in [0, 0.05) is 19.7 Å². The molecule has 0 aromatic heterocycles. The zero-order valence-corrected chi connectivity index (χ0v) is 14.4. The van der Waals surface area contributed by atoms with Gasteiger partial charge in [0.05, 0.1) is 30.3 Å². The van der Waals surface area contributed by atoms with Crippen molar-refractivity contribution in [3.8, 4) is 17.6 Å². The lowest BCUT2D eigenvalue weighted by atomic mass is 10.1. The van der Waals surface area contributed by atoms with Crippen LogP contribution < -0.4 is 14.4 Å². The fourth-order valence-electron chi connectivity index (χ4n) is 2.51. The maximum absolute atomic E-state index is 11.3. The number of rotatable bonds is 7. The minimum atomic E-state index is -0.481. The first-order valence-corrected chi connectivity index (χ1v) is 7.69. The number of methoxy groups -OCH3 is 1. The van der Waals surface area contributed by atoms with Crippen LogP contribution in [0.2, 0.25) is 0 Å². The lowest BCUT2D eigenvalue weighted by molar-refractivity contribution is -0.384. The molecular weight excluding hydrogens is 322 g/mol. The molecule has 2 aromatic carbocycles. The topological polar surface area (TPSA) is 88.6 Å². The molecule has 0 saturated heterocycles. The van der Waals surface area contributed by atoms with Crippen molar-refractivity contribution in [2.24, 2.45) is 0 Å². The lowest BCUT2D eigenvalue weighted by Gasteiger charge is -2.20. The predicted molar refractivity (Wildman–Crippen MR) is 94.1 cm³/mol. The molecule has 0 aliphatic carbocycles. The van der Waals surface area contributed by atoms with E-state index in [0.717, 1.165) is 5.56 Å². The van der Waals surface area contributed by atoms with Crippen molar-refractivity contribution in [1.29, 1.82) is 5.26 Å². The molecule has 0 unspecified atom stereocenters. The Morgan fingerprint density at radius 2 is 2.00 bits per heavy atom. The van der Waals surface area contributed by atoms with Gasteiger partial charge in [-0.05, 0) is 36.8 Å². The first kappa shape index (κ1) is 18.1. The summed E-state index contributed by atoms with van der Waals surface area (Å²) in [5.41, 5.74) is 1.52. The normalized spacial score (nSPS) is 10.0. The summed E-state index contributed by atoms with van der Waals surface area (Å²) in [4.78, 5) is 12.6. The summed E-state index contributed by atoms with van der Waals surface area (Å²) in [5.74, 6) is 1.27. The molecular formula is C18H19N3O4. The number of hydrogen-bond acceptors (Lipinski definition) is 6. The van der Waals surface area contributed by atoms with Gasteiger partial charge >= 0.3 is 0 Å². The van der Waals surface area contributed by atoms with E-state index in [1.165, 1.54) is 6.07 Å². The second-order valence-electron chi connectivity index (χ2n) is 5.35. The molecule has 0 radical (unpaired) electrons. The van der Waals surface area contributed by atoms with E-state index in [-0.39, 0.29) is 11.3 Å². The summed E-state index contributed by atoms with van der Waals surface area (Å²) < 4.78 is 10.8. The summed E-state index contributed by atoms with van der Waals surface area (Å²) in [6, 6.07) is 11.9. The Morgan fingerprint density at radius 3 is 2.60 bits per heavy atom. The first-order chi connectivity index (χ1) is 12.0. The van der Waals surface area contributed by atoms with E-state index < -0.39 is 4.92 Å². The molecule has 0 fully saturated rings. The van der Waals surface area contributed by atoms with Gasteiger partial charge in [-0.25, -0.2) is 0 Å². The number of nitriles is 1. The molecule has 0 saturated carbocycles. The van der Waals surface area contributed by atoms with E-state index in [2.05, 4.69) is 0 Å². The number of nitro groups is 1. The molecule has 2 aromatic rings. The summed E-state index contributed by atoms with van der Waals surface area (Å²) in [6.07, 6.45) is 0. The van der Waals surface area contributed by atoms with Gasteiger partial charge in [0.15, 0.2) is 11.5 Å². The predicted octanol–water partition coefficient (Wildman–Crippen LogP) is 3.51. The quantitative estimate of drug-likeness (QED) is 0.565. The van der Waals surface area contributed by atoms with Crippen molar-refractivity contribution in [1.82, 2.24) is 0 Å². The van der Waals surface area contributed by atoms with E-state index in [1.807, 2.05) is 31.2 Å². The Kier molecular flexibility index (Phi) is 5.79. The monoisotopic (exact) mass is 341 g/mol. The van der Waals surface area contributed by atoms with Crippen molar-refractivity contribution in [3.05, 3.63) is 57.6 Å². The molecule has 7 nitrogen and oxygen atoms in total. The van der Waals surface area contributed by atoms with Gasteiger partial charge in [-0.2, -0.15) is 5.26 Å². The molecule has 130 valence electrons. The molecule has 0 spiro atoms. The summed E-state index contributed by atoms with van der Waals surface area (Å²) >= 11 is 0. The molecule has 0 aliphatic rings. The fourth-order valence-corrected chi connectivity index (χ4v) is 2.51. The van der Waals surface area contributed by atoms with Crippen LogP contribution in [0.25, 0.3) is 0 Å². The maximum atomic E-state index is 11.3. The zero-order chi connectivity index (χ0) is 18.4. The smallest absolute Gasteiger partial charge is 0.293 e. The minimum Gasteiger partial charge on any atom is -0.493 e. The molecule has 0 amide bonds. The van der Waals surface area contributed by atoms with E-state index in [4.69, 9.17) is 14.7 Å². The van der Waals surface area contributed by atoms with Crippen LogP contribution in [0.15, 0.2) is 36.4 Å². The largest absolute Gasteiger partial charge is 0.493 e. The van der Waals surface area contributed by atoms with E-state index >= 15 is 0 Å². The average molecular weight is 341 g/mol. The Bertz CT molecular complexity index is 814. The van der Waals surface area contributed by atoms with Crippen molar-refractivity contribution in [3.63, 3.8) is 0 Å². The lowest BCUT2D eigenvalue weighted by Crippen LogP contribution is -2.18. The molecule has 25 heavy (non-hydrogen) atoms. The van der Waals surface area contributed by atoms with Crippen LogP contribution in [-0.2, 0) is 6.54 Å². The standard InChI is InChI=1S/C18H19N3O4/c1-4-25-17-8-6-14(10-18(17)24-3)12-20(2)15-7-5-13(11-19)9-16(15)21(22)23/h5-10H,4,12H2,1-3H3. The van der Waals surface area contributed by atoms with Crippen LogP contribution in [0.1, 0.15) is 18.1 Å². The van der Waals surface area contributed by atoms with E-state index in [9.17, 15) is 10.1 Å². The van der Waals surface area contributed by atoms with Crippen molar-refractivity contribution >= 4 is 11.4 Å². The third-order valence-corrected chi connectivity index (χ3v) is 3.66. The van der Waals surface area contributed by atoms with Gasteiger partial charge < -0.3 is 14.4 Å². The highest BCUT2D eigenvalue weighted by Gasteiger charge is 2.18. The minimum absolute atomic E-state index is 0.0977. The number of ether oxygens (including phenoxy) is 2. The van der Waals surface area contributed by atoms with Crippen LogP contribution in [0.5, 0.6) is 11.5 Å². The van der Waals surface area contributed by atoms with Crippen LogP contribution in [-0.4, -0.2) is 25.7 Å². The second kappa shape index (κ2) is 8.02. The van der Waals surface area contributed by atoms with Gasteiger partial charge in [-0.15, -0.1) is 0 Å². The maximum Gasteiger partial charge on any atom is 0.293 e. The van der Waals surface area contributed by atoms with Gasteiger partial charge in [0.2, 0.25) is 0 Å². The summed E-state index contributed by atoms with van der Waals surface area (Å²) in [7, 11) is 3.33. The molecule has 0 bridgehead atoms. The molecule has 0 N–H and O–H groups in total. The number of nitro benzene ring substituents is 1. The van der Waals surface area contributed by atoms with Crippen molar-refractivity contribution < 1.29 is 14.4 Å². The molecule has 0 atom stereocenters.